The molecule has 0 bridgehead atoms. The molecule has 2 aromatic rings. The van der Waals surface area contributed by atoms with Crippen LogP contribution < -0.4 is 16.6 Å². The largest absolute Gasteiger partial charge is 0.307 e. The second-order valence-corrected chi connectivity index (χ2v) is 3.64. The van der Waals surface area contributed by atoms with Crippen LogP contribution in [0.3, 0.4) is 0 Å². The Hall–Kier alpha value is -2.25. The van der Waals surface area contributed by atoms with Gasteiger partial charge in [0.05, 0.1) is 5.02 Å². The van der Waals surface area contributed by atoms with Gasteiger partial charge in [0, 0.05) is 6.20 Å². The zero-order valence-corrected chi connectivity index (χ0v) is 9.85. The molecule has 92 valence electrons. The van der Waals surface area contributed by atoms with Gasteiger partial charge < -0.3 is 10.7 Å². The first kappa shape index (κ1) is 12.2. The minimum absolute atomic E-state index is 0.135. The molecule has 1 amide bonds. The van der Waals surface area contributed by atoms with Gasteiger partial charge in [0.15, 0.2) is 17.3 Å². The average molecular weight is 265 g/mol. The third-order valence-corrected chi connectivity index (χ3v) is 2.34. The number of carbonyl (C=O) groups excluding carboxylic acids is 1. The lowest BCUT2D eigenvalue weighted by Crippen LogP contribution is -2.16. The van der Waals surface area contributed by atoms with Gasteiger partial charge in [-0.1, -0.05) is 11.6 Å². The van der Waals surface area contributed by atoms with Gasteiger partial charge in [-0.2, -0.15) is 0 Å². The summed E-state index contributed by atoms with van der Waals surface area (Å²) in [5.74, 6) is 5.32. The number of halogens is 1. The molecule has 0 saturated carbocycles. The maximum absolute atomic E-state index is 11.8. The van der Waals surface area contributed by atoms with Gasteiger partial charge in [-0.25, -0.2) is 10.8 Å². The summed E-state index contributed by atoms with van der Waals surface area (Å²) in [4.78, 5) is 15.7. The number of hydrazine groups is 1. The van der Waals surface area contributed by atoms with E-state index in [1.165, 1.54) is 18.3 Å². The Kier molecular flexibility index (Phi) is 3.66. The van der Waals surface area contributed by atoms with Gasteiger partial charge >= 0.3 is 0 Å². The highest BCUT2D eigenvalue weighted by Gasteiger charge is 2.10. The van der Waals surface area contributed by atoms with E-state index in [9.17, 15) is 4.79 Å². The highest BCUT2D eigenvalue weighted by atomic mass is 35.5. The number of nitrogens with two attached hydrogens (primary N) is 1. The molecule has 7 nitrogen and oxygen atoms in total. The summed E-state index contributed by atoms with van der Waals surface area (Å²) in [5, 5.41) is 10.3. The van der Waals surface area contributed by atoms with Gasteiger partial charge in [0.2, 0.25) is 0 Å². The molecular formula is C10H9ClN6O. The standard InChI is InChI=1S/C10H9ClN6O/c11-6-2-1-5-13-9(6)14-10(18)7-3-4-8(15-12)17-16-7/h1-5H,12H2,(H,15,17)(H,13,14,18). The molecule has 2 heterocycles. The van der Waals surface area contributed by atoms with E-state index in [2.05, 4.69) is 25.9 Å². The van der Waals surface area contributed by atoms with E-state index >= 15 is 0 Å². The summed E-state index contributed by atoms with van der Waals surface area (Å²) in [6.07, 6.45) is 1.52. The van der Waals surface area contributed by atoms with Crippen molar-refractivity contribution in [1.29, 1.82) is 0 Å². The first-order valence-electron chi connectivity index (χ1n) is 4.93. The molecule has 4 N–H and O–H groups in total. The van der Waals surface area contributed by atoms with E-state index in [-0.39, 0.29) is 11.5 Å². The Morgan fingerprint density at radius 2 is 2.11 bits per heavy atom. The van der Waals surface area contributed by atoms with Crippen LogP contribution in [0.15, 0.2) is 30.5 Å². The molecule has 0 aromatic carbocycles. The van der Waals surface area contributed by atoms with Gasteiger partial charge in [-0.15, -0.1) is 10.2 Å². The molecule has 0 fully saturated rings. The van der Waals surface area contributed by atoms with Gasteiger partial charge in [-0.3, -0.25) is 4.79 Å². The molecule has 0 saturated heterocycles. The SMILES string of the molecule is NNc1ccc(C(=O)Nc2ncccc2Cl)nn1. The topological polar surface area (TPSA) is 106 Å². The Morgan fingerprint density at radius 1 is 1.28 bits per heavy atom. The number of aromatic nitrogens is 3. The number of hydrogen-bond donors (Lipinski definition) is 3. The van der Waals surface area contributed by atoms with E-state index in [1.54, 1.807) is 12.1 Å². The van der Waals surface area contributed by atoms with Crippen LogP contribution in [-0.2, 0) is 0 Å². The zero-order chi connectivity index (χ0) is 13.0. The predicted octanol–water partition coefficient (Wildman–Crippen LogP) is 1.06. The summed E-state index contributed by atoms with van der Waals surface area (Å²) in [7, 11) is 0. The van der Waals surface area contributed by atoms with Crippen LogP contribution in [-0.4, -0.2) is 21.1 Å². The van der Waals surface area contributed by atoms with Crippen molar-refractivity contribution in [3.05, 3.63) is 41.2 Å². The van der Waals surface area contributed by atoms with Crippen LogP contribution in [0.2, 0.25) is 5.02 Å². The van der Waals surface area contributed by atoms with Crippen molar-refractivity contribution in [3.63, 3.8) is 0 Å². The summed E-state index contributed by atoms with van der Waals surface area (Å²) in [6.45, 7) is 0. The Bertz CT molecular complexity index is 559. The minimum Gasteiger partial charge on any atom is -0.307 e. The first-order chi connectivity index (χ1) is 8.70. The fraction of sp³-hybridized carbons (Fsp3) is 0. The molecule has 0 spiro atoms. The lowest BCUT2D eigenvalue weighted by Gasteiger charge is -2.05. The lowest BCUT2D eigenvalue weighted by atomic mass is 10.3. The minimum atomic E-state index is -0.452. The van der Waals surface area contributed by atoms with E-state index in [0.29, 0.717) is 10.8 Å². The van der Waals surface area contributed by atoms with Gasteiger partial charge in [0.1, 0.15) is 0 Å². The quantitative estimate of drug-likeness (QED) is 0.565. The molecule has 8 heteroatoms. The Morgan fingerprint density at radius 3 is 2.72 bits per heavy atom. The molecule has 0 radical (unpaired) electrons. The predicted molar refractivity (Wildman–Crippen MR) is 67.0 cm³/mol. The number of anilines is 2. The summed E-state index contributed by atoms with van der Waals surface area (Å²) in [5.41, 5.74) is 2.45. The van der Waals surface area contributed by atoms with Crippen molar-refractivity contribution >= 4 is 29.1 Å². The van der Waals surface area contributed by atoms with Crippen LogP contribution in [0, 0.1) is 0 Å². The second kappa shape index (κ2) is 5.39. The van der Waals surface area contributed by atoms with Gasteiger partial charge in [0.25, 0.3) is 5.91 Å². The second-order valence-electron chi connectivity index (χ2n) is 3.24. The molecule has 0 aliphatic carbocycles. The number of nitrogens with one attached hydrogen (secondary N) is 2. The molecule has 2 rings (SSSR count). The van der Waals surface area contributed by atoms with Crippen LogP contribution >= 0.6 is 11.6 Å². The highest BCUT2D eigenvalue weighted by molar-refractivity contribution is 6.33. The number of nitrogen functional groups attached to an aromatic ring is 1. The van der Waals surface area contributed by atoms with Crippen LogP contribution in [0.25, 0.3) is 0 Å². The fourth-order valence-corrected chi connectivity index (χ4v) is 1.35. The molecule has 2 aromatic heterocycles. The average Bonchev–Trinajstić information content (AvgIpc) is 2.41. The highest BCUT2D eigenvalue weighted by Crippen LogP contribution is 2.17. The number of pyridine rings is 1. The zero-order valence-electron chi connectivity index (χ0n) is 9.09. The third-order valence-electron chi connectivity index (χ3n) is 2.04. The number of amides is 1. The summed E-state index contributed by atoms with van der Waals surface area (Å²) < 4.78 is 0. The third kappa shape index (κ3) is 2.70. The van der Waals surface area contributed by atoms with Crippen molar-refractivity contribution < 1.29 is 4.79 Å². The first-order valence-corrected chi connectivity index (χ1v) is 5.30. The van der Waals surface area contributed by atoms with Crippen molar-refractivity contribution in [2.24, 2.45) is 5.84 Å². The van der Waals surface area contributed by atoms with E-state index in [4.69, 9.17) is 17.4 Å². The van der Waals surface area contributed by atoms with Crippen molar-refractivity contribution in [2.75, 3.05) is 10.7 Å². The smallest absolute Gasteiger partial charge is 0.277 e. The summed E-state index contributed by atoms with van der Waals surface area (Å²) in [6, 6.07) is 6.30. The van der Waals surface area contributed by atoms with Crippen molar-refractivity contribution in [2.45, 2.75) is 0 Å². The Balaban J connectivity index is 2.14. The number of rotatable bonds is 3. The normalized spacial score (nSPS) is 9.89. The van der Waals surface area contributed by atoms with Crippen LogP contribution in [0.4, 0.5) is 11.6 Å². The molecule has 0 unspecified atom stereocenters. The monoisotopic (exact) mass is 264 g/mol. The molecular weight excluding hydrogens is 256 g/mol. The van der Waals surface area contributed by atoms with Gasteiger partial charge in [-0.05, 0) is 24.3 Å². The lowest BCUT2D eigenvalue weighted by molar-refractivity contribution is 0.102. The van der Waals surface area contributed by atoms with E-state index in [0.717, 1.165) is 0 Å². The fourth-order valence-electron chi connectivity index (χ4n) is 1.18. The van der Waals surface area contributed by atoms with E-state index < -0.39 is 5.91 Å². The molecule has 0 aliphatic rings. The number of hydrogen-bond acceptors (Lipinski definition) is 6. The summed E-state index contributed by atoms with van der Waals surface area (Å²) >= 11 is 5.86. The maximum atomic E-state index is 11.8. The van der Waals surface area contributed by atoms with E-state index in [1.807, 2.05) is 0 Å². The molecule has 0 aliphatic heterocycles. The Labute approximate surface area is 107 Å². The van der Waals surface area contributed by atoms with Crippen molar-refractivity contribution in [1.82, 2.24) is 15.2 Å². The maximum Gasteiger partial charge on any atom is 0.277 e. The van der Waals surface area contributed by atoms with Crippen LogP contribution in [0.1, 0.15) is 10.5 Å². The van der Waals surface area contributed by atoms with Crippen LogP contribution in [0.5, 0.6) is 0 Å². The molecule has 18 heavy (non-hydrogen) atoms. The number of nitrogens with zero attached hydrogens (tertiary/aromatic N) is 3. The number of carbonyl (C=O) groups is 1. The van der Waals surface area contributed by atoms with Crippen molar-refractivity contribution in [3.8, 4) is 0 Å². The molecule has 0 atom stereocenters.